The standard InChI is InChI=1S/C17H11N7S/c1-2-6-14(7-3-1)23-11-13(10-19-23)16-22-24-15(20-21-17(24)25-16)12-5-4-8-18-9-12/h1-11H. The van der Waals surface area contributed by atoms with Crippen molar-refractivity contribution in [2.75, 3.05) is 0 Å². The zero-order chi connectivity index (χ0) is 16.6. The van der Waals surface area contributed by atoms with Crippen LogP contribution < -0.4 is 0 Å². The lowest BCUT2D eigenvalue weighted by Crippen LogP contribution is -1.92. The molecule has 4 heterocycles. The smallest absolute Gasteiger partial charge is 0.235 e. The van der Waals surface area contributed by atoms with Crippen molar-refractivity contribution in [2.24, 2.45) is 0 Å². The maximum atomic E-state index is 4.66. The summed E-state index contributed by atoms with van der Waals surface area (Å²) in [6, 6.07) is 13.8. The van der Waals surface area contributed by atoms with Gasteiger partial charge in [0.2, 0.25) is 4.96 Å². The molecule has 0 saturated carbocycles. The van der Waals surface area contributed by atoms with Gasteiger partial charge in [-0.15, -0.1) is 10.2 Å². The first kappa shape index (κ1) is 14.0. The molecule has 120 valence electrons. The Balaban J connectivity index is 1.56. The second-order valence-electron chi connectivity index (χ2n) is 5.38. The van der Waals surface area contributed by atoms with Crippen LogP contribution in [0.1, 0.15) is 0 Å². The number of para-hydroxylation sites is 1. The molecule has 0 spiro atoms. The van der Waals surface area contributed by atoms with Gasteiger partial charge in [-0.25, -0.2) is 4.68 Å². The molecule has 0 radical (unpaired) electrons. The molecule has 0 amide bonds. The molecule has 1 aromatic carbocycles. The van der Waals surface area contributed by atoms with Gasteiger partial charge in [-0.05, 0) is 24.3 Å². The van der Waals surface area contributed by atoms with Gasteiger partial charge in [-0.2, -0.15) is 14.7 Å². The summed E-state index contributed by atoms with van der Waals surface area (Å²) in [5.41, 5.74) is 2.83. The minimum atomic E-state index is 0.682. The molecule has 8 heteroatoms. The van der Waals surface area contributed by atoms with Gasteiger partial charge in [0.25, 0.3) is 0 Å². The van der Waals surface area contributed by atoms with Gasteiger partial charge >= 0.3 is 0 Å². The highest BCUT2D eigenvalue weighted by atomic mass is 32.1. The predicted molar refractivity (Wildman–Crippen MR) is 94.4 cm³/mol. The first-order valence-electron chi connectivity index (χ1n) is 7.61. The first-order chi connectivity index (χ1) is 12.4. The Kier molecular flexibility index (Phi) is 3.14. The third-order valence-corrected chi connectivity index (χ3v) is 4.71. The number of pyridine rings is 1. The maximum Gasteiger partial charge on any atom is 0.235 e. The second-order valence-corrected chi connectivity index (χ2v) is 6.33. The Hall–Kier alpha value is -3.39. The van der Waals surface area contributed by atoms with E-state index in [-0.39, 0.29) is 0 Å². The van der Waals surface area contributed by atoms with Crippen LogP contribution in [0.2, 0.25) is 0 Å². The highest BCUT2D eigenvalue weighted by Gasteiger charge is 2.15. The van der Waals surface area contributed by atoms with Gasteiger partial charge < -0.3 is 0 Å². The first-order valence-corrected chi connectivity index (χ1v) is 8.43. The fraction of sp³-hybridized carbons (Fsp3) is 0. The van der Waals surface area contributed by atoms with Crippen molar-refractivity contribution in [3.8, 4) is 27.6 Å². The average molecular weight is 345 g/mol. The number of aromatic nitrogens is 7. The van der Waals surface area contributed by atoms with E-state index in [0.29, 0.717) is 5.82 Å². The zero-order valence-electron chi connectivity index (χ0n) is 12.9. The van der Waals surface area contributed by atoms with E-state index in [2.05, 4.69) is 25.4 Å². The summed E-state index contributed by atoms with van der Waals surface area (Å²) in [6.07, 6.45) is 7.25. The number of benzene rings is 1. The van der Waals surface area contributed by atoms with Gasteiger partial charge in [0.1, 0.15) is 0 Å². The van der Waals surface area contributed by atoms with Gasteiger partial charge in [0, 0.05) is 24.2 Å². The van der Waals surface area contributed by atoms with Crippen molar-refractivity contribution in [3.63, 3.8) is 0 Å². The lowest BCUT2D eigenvalue weighted by Gasteiger charge is -1.98. The predicted octanol–water partition coefficient (Wildman–Crippen LogP) is 3.10. The normalized spacial score (nSPS) is 11.2. The van der Waals surface area contributed by atoms with E-state index in [4.69, 9.17) is 0 Å². The third-order valence-electron chi connectivity index (χ3n) is 3.76. The van der Waals surface area contributed by atoms with E-state index < -0.39 is 0 Å². The molecule has 0 atom stereocenters. The van der Waals surface area contributed by atoms with Crippen molar-refractivity contribution in [3.05, 3.63) is 67.3 Å². The van der Waals surface area contributed by atoms with Crippen LogP contribution in [0.25, 0.3) is 32.6 Å². The van der Waals surface area contributed by atoms with Gasteiger partial charge in [0.15, 0.2) is 10.8 Å². The molecule has 0 fully saturated rings. The molecule has 25 heavy (non-hydrogen) atoms. The Labute approximate surface area is 146 Å². The molecule has 5 rings (SSSR count). The van der Waals surface area contributed by atoms with Crippen molar-refractivity contribution in [1.29, 1.82) is 0 Å². The van der Waals surface area contributed by atoms with Crippen LogP contribution in [0.4, 0.5) is 0 Å². The topological polar surface area (TPSA) is 73.8 Å². The molecular weight excluding hydrogens is 334 g/mol. The molecule has 4 aromatic heterocycles. The highest BCUT2D eigenvalue weighted by molar-refractivity contribution is 7.19. The van der Waals surface area contributed by atoms with Gasteiger partial charge in [0.05, 0.1) is 17.4 Å². The van der Waals surface area contributed by atoms with Crippen LogP contribution in [0.3, 0.4) is 0 Å². The maximum absolute atomic E-state index is 4.66. The van der Waals surface area contributed by atoms with E-state index in [1.54, 1.807) is 16.9 Å². The number of hydrogen-bond donors (Lipinski definition) is 0. The number of fused-ring (bicyclic) bond motifs is 1. The second kappa shape index (κ2) is 5.60. The van der Waals surface area contributed by atoms with Crippen LogP contribution >= 0.6 is 11.3 Å². The Morgan fingerprint density at radius 3 is 2.64 bits per heavy atom. The molecule has 0 aliphatic heterocycles. The fourth-order valence-corrected chi connectivity index (χ4v) is 3.38. The molecule has 0 N–H and O–H groups in total. The van der Waals surface area contributed by atoms with Crippen molar-refractivity contribution >= 4 is 16.3 Å². The van der Waals surface area contributed by atoms with E-state index in [9.17, 15) is 0 Å². The van der Waals surface area contributed by atoms with Crippen molar-refractivity contribution in [2.45, 2.75) is 0 Å². The molecule has 0 aliphatic rings. The summed E-state index contributed by atoms with van der Waals surface area (Å²) in [5.74, 6) is 0.682. The molecule has 0 aliphatic carbocycles. The quantitative estimate of drug-likeness (QED) is 0.502. The Morgan fingerprint density at radius 2 is 1.80 bits per heavy atom. The Bertz CT molecular complexity index is 1140. The van der Waals surface area contributed by atoms with Gasteiger partial charge in [-0.3, -0.25) is 4.98 Å². The van der Waals surface area contributed by atoms with Crippen LogP contribution in [-0.4, -0.2) is 34.6 Å². The number of hydrogen-bond acceptors (Lipinski definition) is 6. The van der Waals surface area contributed by atoms with E-state index in [0.717, 1.165) is 26.8 Å². The van der Waals surface area contributed by atoms with Crippen LogP contribution in [0.15, 0.2) is 67.3 Å². The SMILES string of the molecule is c1ccc(-n2cc(-c3nn4c(-c5cccnc5)nnc4s3)cn2)cc1. The minimum absolute atomic E-state index is 0.682. The van der Waals surface area contributed by atoms with Crippen LogP contribution in [0.5, 0.6) is 0 Å². The lowest BCUT2D eigenvalue weighted by atomic mass is 10.3. The van der Waals surface area contributed by atoms with Crippen molar-refractivity contribution < 1.29 is 0 Å². The molecule has 0 saturated heterocycles. The lowest BCUT2D eigenvalue weighted by molar-refractivity contribution is 0.880. The molecule has 0 unspecified atom stereocenters. The van der Waals surface area contributed by atoms with E-state index >= 15 is 0 Å². The molecular formula is C17H11N7S. The summed E-state index contributed by atoms with van der Waals surface area (Å²) in [4.78, 5) is 4.87. The minimum Gasteiger partial charge on any atom is -0.264 e. The summed E-state index contributed by atoms with van der Waals surface area (Å²) >= 11 is 1.48. The third kappa shape index (κ3) is 2.39. The zero-order valence-corrected chi connectivity index (χ0v) is 13.7. The molecule has 0 bridgehead atoms. The van der Waals surface area contributed by atoms with Crippen LogP contribution in [-0.2, 0) is 0 Å². The molecule has 5 aromatic rings. The number of rotatable bonds is 3. The summed E-state index contributed by atoms with van der Waals surface area (Å²) < 4.78 is 3.58. The van der Waals surface area contributed by atoms with E-state index in [1.165, 1.54) is 11.3 Å². The summed E-state index contributed by atoms with van der Waals surface area (Å²) in [7, 11) is 0. The average Bonchev–Trinajstić information content (AvgIpc) is 3.38. The van der Waals surface area contributed by atoms with E-state index in [1.807, 2.05) is 59.5 Å². The fourth-order valence-electron chi connectivity index (χ4n) is 2.56. The van der Waals surface area contributed by atoms with Gasteiger partial charge in [-0.1, -0.05) is 29.5 Å². The summed E-state index contributed by atoms with van der Waals surface area (Å²) in [5, 5.41) is 18.4. The van der Waals surface area contributed by atoms with Crippen molar-refractivity contribution in [1.82, 2.24) is 34.6 Å². The monoisotopic (exact) mass is 345 g/mol. The Morgan fingerprint density at radius 1 is 0.880 bits per heavy atom. The largest absolute Gasteiger partial charge is 0.264 e. The van der Waals surface area contributed by atoms with Crippen LogP contribution in [0, 0.1) is 0 Å². The molecule has 7 nitrogen and oxygen atoms in total. The number of nitrogens with zero attached hydrogens (tertiary/aromatic N) is 7. The summed E-state index contributed by atoms with van der Waals surface area (Å²) in [6.45, 7) is 0. The highest BCUT2D eigenvalue weighted by Crippen LogP contribution is 2.28.